The third kappa shape index (κ3) is 9.51. The van der Waals surface area contributed by atoms with Crippen LogP contribution in [0.1, 0.15) is 97.2 Å². The molecule has 1 saturated carbocycles. The number of aromatic amines is 1. The molecule has 3 atom stereocenters. The summed E-state index contributed by atoms with van der Waals surface area (Å²) in [6.45, 7) is 2.55. The molecule has 1 aromatic heterocycles. The van der Waals surface area contributed by atoms with E-state index in [2.05, 4.69) is 26.1 Å². The van der Waals surface area contributed by atoms with Crippen LogP contribution in [0.5, 0.6) is 0 Å². The Bertz CT molecular complexity index is 1620. The summed E-state index contributed by atoms with van der Waals surface area (Å²) in [4.78, 5) is 39.8. The predicted molar refractivity (Wildman–Crippen MR) is 181 cm³/mol. The number of amides is 3. The summed E-state index contributed by atoms with van der Waals surface area (Å²) < 4.78 is 25.6. The van der Waals surface area contributed by atoms with Crippen LogP contribution < -0.4 is 16.0 Å². The predicted octanol–water partition coefficient (Wildman–Crippen LogP) is 4.57. The van der Waals surface area contributed by atoms with E-state index in [0.29, 0.717) is 48.7 Å². The zero-order chi connectivity index (χ0) is 33.4. The lowest BCUT2D eigenvalue weighted by atomic mass is 9.85. The smallest absolute Gasteiger partial charge is 0.269 e. The van der Waals surface area contributed by atoms with E-state index < -0.39 is 16.1 Å². The lowest BCUT2D eigenvalue weighted by Crippen LogP contribution is -2.54. The summed E-state index contributed by atoms with van der Waals surface area (Å²) >= 11 is 0. The van der Waals surface area contributed by atoms with Crippen LogP contribution in [0, 0.1) is 5.92 Å². The maximum atomic E-state index is 13.5. The fourth-order valence-electron chi connectivity index (χ4n) is 6.53. The summed E-state index contributed by atoms with van der Waals surface area (Å²) in [5.74, 6) is -0.395. The average molecular weight is 663 g/mol. The molecule has 2 aromatic carbocycles. The van der Waals surface area contributed by atoms with Crippen LogP contribution in [-0.2, 0) is 14.8 Å². The summed E-state index contributed by atoms with van der Waals surface area (Å²) in [5, 5.41) is 16.0. The van der Waals surface area contributed by atoms with Crippen molar-refractivity contribution in [3.63, 3.8) is 0 Å². The Morgan fingerprint density at radius 1 is 0.936 bits per heavy atom. The standard InChI is InChI=1S/C35H46N6O5S/c1-24(36-35(44)32-22-31(39-40-32)27-12-7-4-8-13-27)26-16-18-28(19-17-26)33(42)38-30(20-15-25-10-5-3-6-11-25)34(43)37-29-14-9-21-41(23-29)47(2,45)46/h4,7-8,12-13,16-19,22,24-25,29-30H,3,5-6,9-11,14-15,20-21,23H2,1-2H3,(H,36,44)(H,37,43)(H,38,42)(H,39,40)/t24?,29-,30-/m0/s1. The molecule has 3 aromatic rings. The second-order valence-electron chi connectivity index (χ2n) is 12.9. The van der Waals surface area contributed by atoms with Gasteiger partial charge in [-0.15, -0.1) is 0 Å². The fourth-order valence-corrected chi connectivity index (χ4v) is 7.44. The lowest BCUT2D eigenvalue weighted by molar-refractivity contribution is -0.124. The van der Waals surface area contributed by atoms with Gasteiger partial charge >= 0.3 is 0 Å². The van der Waals surface area contributed by atoms with Crippen molar-refractivity contribution < 1.29 is 22.8 Å². The van der Waals surface area contributed by atoms with Crippen molar-refractivity contribution in [2.45, 2.75) is 82.8 Å². The maximum Gasteiger partial charge on any atom is 0.269 e. The lowest BCUT2D eigenvalue weighted by Gasteiger charge is -2.32. The zero-order valence-electron chi connectivity index (χ0n) is 27.2. The van der Waals surface area contributed by atoms with E-state index >= 15 is 0 Å². The molecule has 252 valence electrons. The van der Waals surface area contributed by atoms with E-state index in [0.717, 1.165) is 30.4 Å². The molecule has 12 heteroatoms. The molecule has 2 aliphatic rings. The van der Waals surface area contributed by atoms with E-state index in [1.165, 1.54) is 29.8 Å². The number of carbonyl (C=O) groups is 3. The van der Waals surface area contributed by atoms with Gasteiger partial charge in [-0.3, -0.25) is 19.5 Å². The van der Waals surface area contributed by atoms with Gasteiger partial charge in [-0.1, -0.05) is 74.6 Å². The second-order valence-corrected chi connectivity index (χ2v) is 14.9. The largest absolute Gasteiger partial charge is 0.350 e. The summed E-state index contributed by atoms with van der Waals surface area (Å²) in [5.41, 5.74) is 3.16. The van der Waals surface area contributed by atoms with Crippen molar-refractivity contribution >= 4 is 27.7 Å². The molecule has 1 aliphatic carbocycles. The van der Waals surface area contributed by atoms with Crippen LogP contribution >= 0.6 is 0 Å². The Kier molecular flexibility index (Phi) is 11.5. The number of sulfonamides is 1. The molecule has 47 heavy (non-hydrogen) atoms. The second kappa shape index (κ2) is 15.7. The molecule has 2 heterocycles. The van der Waals surface area contributed by atoms with Crippen LogP contribution in [0.2, 0.25) is 0 Å². The van der Waals surface area contributed by atoms with Crippen molar-refractivity contribution in [2.75, 3.05) is 19.3 Å². The molecule has 1 saturated heterocycles. The molecular weight excluding hydrogens is 616 g/mol. The minimum absolute atomic E-state index is 0.235. The third-order valence-corrected chi connectivity index (χ3v) is 10.6. The number of H-pyrrole nitrogens is 1. The molecular formula is C35H46N6O5S. The van der Waals surface area contributed by atoms with Crippen LogP contribution in [0.3, 0.4) is 0 Å². The Labute approximate surface area is 277 Å². The van der Waals surface area contributed by atoms with Gasteiger partial charge in [0.2, 0.25) is 15.9 Å². The normalized spacial score (nSPS) is 19.0. The number of hydrogen-bond acceptors (Lipinski definition) is 6. The number of nitrogens with one attached hydrogen (secondary N) is 4. The van der Waals surface area contributed by atoms with Crippen molar-refractivity contribution in [1.29, 1.82) is 0 Å². The van der Waals surface area contributed by atoms with Crippen molar-refractivity contribution in [3.8, 4) is 11.3 Å². The summed E-state index contributed by atoms with van der Waals surface area (Å²) in [7, 11) is -3.35. The van der Waals surface area contributed by atoms with Gasteiger partial charge < -0.3 is 16.0 Å². The van der Waals surface area contributed by atoms with Gasteiger partial charge in [0.1, 0.15) is 11.7 Å². The first-order chi connectivity index (χ1) is 22.6. The first-order valence-electron chi connectivity index (χ1n) is 16.6. The van der Waals surface area contributed by atoms with Crippen LogP contribution in [0.25, 0.3) is 11.3 Å². The van der Waals surface area contributed by atoms with Crippen molar-refractivity contribution in [3.05, 3.63) is 77.5 Å². The quantitative estimate of drug-likeness (QED) is 0.223. The maximum absolute atomic E-state index is 13.5. The van der Waals surface area contributed by atoms with Gasteiger partial charge in [0.25, 0.3) is 11.8 Å². The first-order valence-corrected chi connectivity index (χ1v) is 18.5. The van der Waals surface area contributed by atoms with Crippen LogP contribution in [0.4, 0.5) is 0 Å². The highest BCUT2D eigenvalue weighted by Gasteiger charge is 2.30. The number of benzene rings is 2. The molecule has 2 fully saturated rings. The number of piperidine rings is 1. The van der Waals surface area contributed by atoms with Crippen LogP contribution in [0.15, 0.2) is 60.7 Å². The molecule has 4 N–H and O–H groups in total. The van der Waals surface area contributed by atoms with Crippen molar-refractivity contribution in [1.82, 2.24) is 30.5 Å². The minimum Gasteiger partial charge on any atom is -0.350 e. The highest BCUT2D eigenvalue weighted by molar-refractivity contribution is 7.88. The highest BCUT2D eigenvalue weighted by Crippen LogP contribution is 2.28. The van der Waals surface area contributed by atoms with Crippen molar-refractivity contribution in [2.24, 2.45) is 5.92 Å². The number of aromatic nitrogens is 2. The Morgan fingerprint density at radius 3 is 2.36 bits per heavy atom. The molecule has 3 amide bonds. The van der Waals surface area contributed by atoms with E-state index in [-0.39, 0.29) is 36.3 Å². The van der Waals surface area contributed by atoms with Gasteiger partial charge in [0, 0.05) is 30.3 Å². The fraction of sp³-hybridized carbons (Fsp3) is 0.486. The first kappa shape index (κ1) is 34.3. The minimum atomic E-state index is -3.35. The topological polar surface area (TPSA) is 153 Å². The van der Waals surface area contributed by atoms with Gasteiger partial charge in [0.05, 0.1) is 18.0 Å². The van der Waals surface area contributed by atoms with Gasteiger partial charge in [-0.05, 0) is 62.3 Å². The van der Waals surface area contributed by atoms with Gasteiger partial charge in [-0.2, -0.15) is 5.10 Å². The summed E-state index contributed by atoms with van der Waals surface area (Å²) in [6, 6.07) is 16.9. The zero-order valence-corrected chi connectivity index (χ0v) is 28.0. The number of carbonyl (C=O) groups excluding carboxylic acids is 3. The van der Waals surface area contributed by atoms with E-state index in [4.69, 9.17) is 0 Å². The monoisotopic (exact) mass is 662 g/mol. The highest BCUT2D eigenvalue weighted by atomic mass is 32.2. The molecule has 11 nitrogen and oxygen atoms in total. The average Bonchev–Trinajstić information content (AvgIpc) is 3.58. The Balaban J connectivity index is 1.19. The van der Waals surface area contributed by atoms with E-state index in [9.17, 15) is 22.8 Å². The third-order valence-electron chi connectivity index (χ3n) is 9.32. The molecule has 1 aliphatic heterocycles. The molecule has 5 rings (SSSR count). The number of rotatable bonds is 12. The molecule has 1 unspecified atom stereocenters. The van der Waals surface area contributed by atoms with E-state index in [1.807, 2.05) is 37.3 Å². The SMILES string of the molecule is CC(NC(=O)c1cc(-c2ccccc2)n[nH]1)c1ccc(C(=O)N[C@@H](CCC2CCCCC2)C(=O)N[C@H]2CCCN(S(C)(=O)=O)C2)cc1. The van der Waals surface area contributed by atoms with E-state index in [1.54, 1.807) is 30.3 Å². The molecule has 0 radical (unpaired) electrons. The Hall–Kier alpha value is -4.03. The number of nitrogens with zero attached hydrogens (tertiary/aromatic N) is 2. The molecule has 0 bridgehead atoms. The van der Waals surface area contributed by atoms with Gasteiger partial charge in [-0.25, -0.2) is 12.7 Å². The van der Waals surface area contributed by atoms with Gasteiger partial charge in [0.15, 0.2) is 0 Å². The number of hydrogen-bond donors (Lipinski definition) is 4. The summed E-state index contributed by atoms with van der Waals surface area (Å²) in [6.07, 6.45) is 9.81. The van der Waals surface area contributed by atoms with Crippen LogP contribution in [-0.4, -0.2) is 72.1 Å². The molecule has 0 spiro atoms. The Morgan fingerprint density at radius 2 is 1.66 bits per heavy atom.